The lowest BCUT2D eigenvalue weighted by atomic mass is 10.2. The van der Waals surface area contributed by atoms with Crippen molar-refractivity contribution in [1.82, 2.24) is 20.2 Å². The van der Waals surface area contributed by atoms with E-state index in [1.807, 2.05) is 36.4 Å². The molecule has 0 bridgehead atoms. The quantitative estimate of drug-likeness (QED) is 0.507. The van der Waals surface area contributed by atoms with Gasteiger partial charge in [0, 0.05) is 0 Å². The van der Waals surface area contributed by atoms with Crippen LogP contribution < -0.4 is 9.47 Å². The number of aromatic nitrogens is 4. The molecular weight excluding hydrogens is 348 g/mol. The first-order chi connectivity index (χ1) is 13.2. The molecule has 3 aromatic rings. The summed E-state index contributed by atoms with van der Waals surface area (Å²) in [5.41, 5.74) is 1.85. The van der Waals surface area contributed by atoms with Crippen LogP contribution in [0.3, 0.4) is 0 Å². The molecule has 0 unspecified atom stereocenters. The van der Waals surface area contributed by atoms with Crippen molar-refractivity contribution >= 4 is 17.7 Å². The third-order valence-electron chi connectivity index (χ3n) is 3.97. The maximum Gasteiger partial charge on any atom is 0.357 e. The van der Waals surface area contributed by atoms with E-state index in [4.69, 9.17) is 14.2 Å². The summed E-state index contributed by atoms with van der Waals surface area (Å²) in [5.74, 6) is 1.27. The fourth-order valence-corrected chi connectivity index (χ4v) is 2.62. The summed E-state index contributed by atoms with van der Waals surface area (Å²) in [5, 5.41) is 11.3. The van der Waals surface area contributed by atoms with E-state index in [9.17, 15) is 4.79 Å². The van der Waals surface area contributed by atoms with Gasteiger partial charge in [-0.2, -0.15) is 4.68 Å². The summed E-state index contributed by atoms with van der Waals surface area (Å²) in [6.45, 7) is 1.99. The average molecular weight is 364 g/mol. The van der Waals surface area contributed by atoms with Crippen LogP contribution in [0.15, 0.2) is 48.5 Å². The maximum atomic E-state index is 12.7. The number of tetrazole rings is 1. The van der Waals surface area contributed by atoms with E-state index in [0.717, 1.165) is 11.1 Å². The Bertz CT molecular complexity index is 998. The Morgan fingerprint density at radius 1 is 1.19 bits per heavy atom. The lowest BCUT2D eigenvalue weighted by molar-refractivity contribution is -0.138. The Hall–Kier alpha value is -3.68. The molecule has 27 heavy (non-hydrogen) atoms. The molecule has 8 heteroatoms. The largest absolute Gasteiger partial charge is 0.456 e. The molecule has 0 saturated heterocycles. The summed E-state index contributed by atoms with van der Waals surface area (Å²) in [4.78, 5) is 12.7. The molecular formula is C19H16N4O4. The lowest BCUT2D eigenvalue weighted by Gasteiger charge is -2.09. The predicted octanol–water partition coefficient (Wildman–Crippen LogP) is 2.45. The van der Waals surface area contributed by atoms with Gasteiger partial charge in [-0.3, -0.25) is 0 Å². The fourth-order valence-electron chi connectivity index (χ4n) is 2.62. The molecule has 2 aromatic carbocycles. The highest BCUT2D eigenvalue weighted by Crippen LogP contribution is 2.32. The van der Waals surface area contributed by atoms with Gasteiger partial charge in [0.15, 0.2) is 23.0 Å². The third-order valence-corrected chi connectivity index (χ3v) is 3.97. The predicted molar refractivity (Wildman–Crippen MR) is 95.5 cm³/mol. The Morgan fingerprint density at radius 2 is 2.00 bits per heavy atom. The number of benzene rings is 2. The van der Waals surface area contributed by atoms with Crippen molar-refractivity contribution in [3.63, 3.8) is 0 Å². The van der Waals surface area contributed by atoms with Gasteiger partial charge in [-0.1, -0.05) is 36.4 Å². The Kier molecular flexibility index (Phi) is 4.52. The van der Waals surface area contributed by atoms with Crippen LogP contribution >= 0.6 is 0 Å². The van der Waals surface area contributed by atoms with Crippen molar-refractivity contribution in [3.05, 3.63) is 65.5 Å². The van der Waals surface area contributed by atoms with E-state index in [1.165, 1.54) is 4.68 Å². The van der Waals surface area contributed by atoms with Crippen molar-refractivity contribution in [2.45, 2.75) is 13.5 Å². The molecule has 0 fully saturated rings. The van der Waals surface area contributed by atoms with E-state index < -0.39 is 5.97 Å². The molecule has 0 aliphatic carbocycles. The van der Waals surface area contributed by atoms with Crippen LogP contribution in [0, 0.1) is 6.92 Å². The number of hydrogen-bond donors (Lipinski definition) is 0. The van der Waals surface area contributed by atoms with E-state index in [-0.39, 0.29) is 19.1 Å². The van der Waals surface area contributed by atoms with Gasteiger partial charge >= 0.3 is 5.97 Å². The summed E-state index contributed by atoms with van der Waals surface area (Å²) >= 11 is 0. The number of carbonyl (C=O) groups excluding carboxylic acids is 1. The average Bonchev–Trinajstić information content (AvgIpc) is 3.33. The molecule has 1 aliphatic rings. The van der Waals surface area contributed by atoms with Crippen LogP contribution in [-0.4, -0.2) is 33.0 Å². The monoisotopic (exact) mass is 364 g/mol. The van der Waals surface area contributed by atoms with Gasteiger partial charge in [-0.25, -0.2) is 4.79 Å². The lowest BCUT2D eigenvalue weighted by Crippen LogP contribution is -2.15. The molecule has 0 spiro atoms. The standard InChI is InChI=1S/C19H16N4O4/c1-13-20-21-22-23(13)16(9-14-5-3-2-4-6-14)19(24)25-11-15-7-8-17-18(10-15)27-12-26-17/h2-10H,11-12H2,1H3/b16-9-. The first kappa shape index (κ1) is 16.8. The number of nitrogens with zero attached hydrogens (tertiary/aromatic N) is 4. The van der Waals surface area contributed by atoms with Gasteiger partial charge in [-0.05, 0) is 46.7 Å². The highest BCUT2D eigenvalue weighted by atomic mass is 16.7. The number of ether oxygens (including phenoxy) is 3. The minimum absolute atomic E-state index is 0.0861. The minimum atomic E-state index is -0.535. The highest BCUT2D eigenvalue weighted by Gasteiger charge is 2.19. The van der Waals surface area contributed by atoms with Gasteiger partial charge in [0.1, 0.15) is 6.61 Å². The van der Waals surface area contributed by atoms with Crippen molar-refractivity contribution in [2.75, 3.05) is 6.79 Å². The molecule has 0 N–H and O–H groups in total. The van der Waals surface area contributed by atoms with Gasteiger partial charge in [0.2, 0.25) is 6.79 Å². The Morgan fingerprint density at radius 3 is 2.78 bits per heavy atom. The van der Waals surface area contributed by atoms with Crippen molar-refractivity contribution in [3.8, 4) is 11.5 Å². The van der Waals surface area contributed by atoms with Crippen LogP contribution in [0.1, 0.15) is 17.0 Å². The molecule has 2 heterocycles. The molecule has 1 aromatic heterocycles. The van der Waals surface area contributed by atoms with E-state index >= 15 is 0 Å². The van der Waals surface area contributed by atoms with Crippen LogP contribution in [0.5, 0.6) is 11.5 Å². The molecule has 1 aliphatic heterocycles. The topological polar surface area (TPSA) is 88.4 Å². The summed E-state index contributed by atoms with van der Waals surface area (Å²) in [6, 6.07) is 14.8. The molecule has 8 nitrogen and oxygen atoms in total. The normalized spacial score (nSPS) is 12.9. The molecule has 0 saturated carbocycles. The second-order valence-corrected chi connectivity index (χ2v) is 5.84. The highest BCUT2D eigenvalue weighted by molar-refractivity contribution is 6.15. The number of aryl methyl sites for hydroxylation is 1. The SMILES string of the molecule is Cc1nnnn1/C(=C\c1ccccc1)C(=O)OCc1ccc2c(c1)OCO2. The first-order valence-electron chi connectivity index (χ1n) is 8.28. The van der Waals surface area contributed by atoms with Crippen LogP contribution in [-0.2, 0) is 16.1 Å². The molecule has 0 radical (unpaired) electrons. The van der Waals surface area contributed by atoms with E-state index in [1.54, 1.807) is 25.1 Å². The zero-order chi connectivity index (χ0) is 18.6. The van der Waals surface area contributed by atoms with Crippen LogP contribution in [0.2, 0.25) is 0 Å². The van der Waals surface area contributed by atoms with Gasteiger partial charge in [0.25, 0.3) is 0 Å². The second-order valence-electron chi connectivity index (χ2n) is 5.84. The number of esters is 1. The first-order valence-corrected chi connectivity index (χ1v) is 8.28. The van der Waals surface area contributed by atoms with Gasteiger partial charge in [-0.15, -0.1) is 5.10 Å². The molecule has 0 atom stereocenters. The molecule has 136 valence electrons. The van der Waals surface area contributed by atoms with E-state index in [2.05, 4.69) is 15.5 Å². The van der Waals surface area contributed by atoms with Gasteiger partial charge < -0.3 is 14.2 Å². The fraction of sp³-hybridized carbons (Fsp3) is 0.158. The number of hydrogen-bond acceptors (Lipinski definition) is 7. The van der Waals surface area contributed by atoms with Crippen molar-refractivity contribution < 1.29 is 19.0 Å². The van der Waals surface area contributed by atoms with Crippen LogP contribution in [0.4, 0.5) is 0 Å². The van der Waals surface area contributed by atoms with Crippen molar-refractivity contribution in [2.24, 2.45) is 0 Å². The zero-order valence-electron chi connectivity index (χ0n) is 14.5. The van der Waals surface area contributed by atoms with Gasteiger partial charge in [0.05, 0.1) is 0 Å². The van der Waals surface area contributed by atoms with E-state index in [0.29, 0.717) is 17.3 Å². The maximum absolute atomic E-state index is 12.7. The third kappa shape index (κ3) is 3.64. The second kappa shape index (κ2) is 7.28. The Balaban J connectivity index is 1.56. The minimum Gasteiger partial charge on any atom is -0.456 e. The number of carbonyl (C=O) groups is 1. The summed E-state index contributed by atoms with van der Waals surface area (Å²) < 4.78 is 17.5. The summed E-state index contributed by atoms with van der Waals surface area (Å²) in [6.07, 6.45) is 1.69. The summed E-state index contributed by atoms with van der Waals surface area (Å²) in [7, 11) is 0. The molecule has 4 rings (SSSR count). The smallest absolute Gasteiger partial charge is 0.357 e. The number of fused-ring (bicyclic) bond motifs is 1. The van der Waals surface area contributed by atoms with Crippen molar-refractivity contribution in [1.29, 1.82) is 0 Å². The number of rotatable bonds is 5. The molecule has 0 amide bonds. The Labute approximate surface area is 155 Å². The zero-order valence-corrected chi connectivity index (χ0v) is 14.5. The van der Waals surface area contributed by atoms with Crippen LogP contribution in [0.25, 0.3) is 11.8 Å².